The van der Waals surface area contributed by atoms with Crippen LogP contribution in [0, 0.1) is 0 Å². The highest BCUT2D eigenvalue weighted by Gasteiger charge is 2.34. The fourth-order valence-electron chi connectivity index (χ4n) is 5.46. The van der Waals surface area contributed by atoms with Crippen LogP contribution in [0.2, 0.25) is 0 Å². The maximum Gasteiger partial charge on any atom is 0.248 e. The lowest BCUT2D eigenvalue weighted by Gasteiger charge is -2.32. The molecule has 12 heteroatoms. The van der Waals surface area contributed by atoms with Gasteiger partial charge < -0.3 is 24.4 Å². The number of rotatable bonds is 13. The molecule has 0 saturated heterocycles. The van der Waals surface area contributed by atoms with Crippen molar-refractivity contribution in [2.24, 2.45) is 0 Å². The number of carbonyl (C=O) groups is 2. The molecule has 232 valence electrons. The first kappa shape index (κ1) is 31.0. The van der Waals surface area contributed by atoms with Crippen LogP contribution in [-0.2, 0) is 22.6 Å². The Kier molecular flexibility index (Phi) is 10.4. The van der Waals surface area contributed by atoms with Gasteiger partial charge >= 0.3 is 0 Å². The molecule has 0 spiro atoms. The predicted octanol–water partition coefficient (Wildman–Crippen LogP) is 4.69. The van der Waals surface area contributed by atoms with Crippen molar-refractivity contribution in [1.82, 2.24) is 30.4 Å². The van der Waals surface area contributed by atoms with E-state index >= 15 is 0 Å². The Morgan fingerprint density at radius 1 is 1.00 bits per heavy atom. The highest BCUT2D eigenvalue weighted by atomic mass is 32.1. The van der Waals surface area contributed by atoms with E-state index in [1.54, 1.807) is 26.2 Å². The second-order valence-corrected chi connectivity index (χ2v) is 11.6. The summed E-state index contributed by atoms with van der Waals surface area (Å²) in [7, 11) is 4.78. The number of hydrogen-bond donors (Lipinski definition) is 1. The van der Waals surface area contributed by atoms with Crippen molar-refractivity contribution < 1.29 is 23.8 Å². The van der Waals surface area contributed by atoms with E-state index in [1.807, 2.05) is 60.0 Å². The molecular weight excluding hydrogens is 580 g/mol. The van der Waals surface area contributed by atoms with Crippen molar-refractivity contribution in [3.63, 3.8) is 0 Å². The fourth-order valence-corrected chi connectivity index (χ4v) is 6.29. The lowest BCUT2D eigenvalue weighted by atomic mass is 9.95. The van der Waals surface area contributed by atoms with Gasteiger partial charge in [0.1, 0.15) is 18.3 Å². The first-order valence-electron chi connectivity index (χ1n) is 14.8. The van der Waals surface area contributed by atoms with E-state index in [0.29, 0.717) is 29.5 Å². The molecule has 5 rings (SSSR count). The molecule has 2 heterocycles. The minimum absolute atomic E-state index is 0.102. The van der Waals surface area contributed by atoms with Crippen LogP contribution in [0.3, 0.4) is 0 Å². The third-order valence-corrected chi connectivity index (χ3v) is 8.74. The summed E-state index contributed by atoms with van der Waals surface area (Å²) in [4.78, 5) is 31.7. The molecule has 0 unspecified atom stereocenters. The molecule has 0 radical (unpaired) electrons. The van der Waals surface area contributed by atoms with Crippen molar-refractivity contribution in [1.29, 1.82) is 0 Å². The molecule has 1 fully saturated rings. The number of methoxy groups -OCH3 is 3. The highest BCUT2D eigenvalue weighted by molar-refractivity contribution is 7.10. The first-order chi connectivity index (χ1) is 21.5. The monoisotopic (exact) mass is 618 g/mol. The smallest absolute Gasteiger partial charge is 0.248 e. The Bertz CT molecular complexity index is 1520. The molecule has 2 aromatic carbocycles. The highest BCUT2D eigenvalue weighted by Crippen LogP contribution is 2.30. The standard InChI is InChI=1S/C32H38N6O5S/c1-41-25-14-12-23(13-15-25)31-34-36-38(35-31)21-29(39)37(18-17-22-11-16-26(42-2)27(20-22)43-3)30(28-10-7-19-44-28)32(40)33-24-8-5-4-6-9-24/h7,10-16,19-20,24,30H,4-6,8-9,17-18,21H2,1-3H3,(H,33,40)/t30-/m0/s1. The lowest BCUT2D eigenvalue weighted by Crippen LogP contribution is -2.48. The fraction of sp³-hybridized carbons (Fsp3) is 0.406. The molecule has 1 aliphatic carbocycles. The summed E-state index contributed by atoms with van der Waals surface area (Å²) in [6.45, 7) is 0.114. The van der Waals surface area contributed by atoms with Crippen molar-refractivity contribution >= 4 is 23.2 Å². The minimum Gasteiger partial charge on any atom is -0.497 e. The number of hydrogen-bond acceptors (Lipinski definition) is 9. The number of amides is 2. The number of tetrazole rings is 1. The van der Waals surface area contributed by atoms with Gasteiger partial charge in [-0.2, -0.15) is 4.80 Å². The molecule has 1 saturated carbocycles. The van der Waals surface area contributed by atoms with Crippen LogP contribution in [0.25, 0.3) is 11.4 Å². The molecule has 1 aliphatic rings. The van der Waals surface area contributed by atoms with Crippen molar-refractivity contribution in [2.75, 3.05) is 27.9 Å². The molecule has 1 atom stereocenters. The number of aromatic nitrogens is 4. The van der Waals surface area contributed by atoms with E-state index in [1.165, 1.54) is 22.6 Å². The van der Waals surface area contributed by atoms with Gasteiger partial charge in [-0.25, -0.2) is 0 Å². The number of ether oxygens (including phenoxy) is 3. The van der Waals surface area contributed by atoms with E-state index < -0.39 is 6.04 Å². The Labute approximate surface area is 261 Å². The number of benzene rings is 2. The maximum atomic E-state index is 14.1. The second-order valence-electron chi connectivity index (χ2n) is 10.7. The zero-order valence-corrected chi connectivity index (χ0v) is 26.1. The molecule has 1 N–H and O–H groups in total. The molecule has 44 heavy (non-hydrogen) atoms. The summed E-state index contributed by atoms with van der Waals surface area (Å²) >= 11 is 1.46. The largest absolute Gasteiger partial charge is 0.497 e. The number of nitrogens with one attached hydrogen (secondary N) is 1. The normalized spacial score (nSPS) is 14.1. The Hall–Kier alpha value is -4.45. The topological polar surface area (TPSA) is 121 Å². The van der Waals surface area contributed by atoms with Crippen molar-refractivity contribution in [3.8, 4) is 28.6 Å². The minimum atomic E-state index is -0.797. The van der Waals surface area contributed by atoms with Gasteiger partial charge in [0.15, 0.2) is 11.5 Å². The number of nitrogens with zero attached hydrogens (tertiary/aromatic N) is 5. The van der Waals surface area contributed by atoms with Gasteiger partial charge in [0.05, 0.1) is 21.3 Å². The molecule has 0 aliphatic heterocycles. The van der Waals surface area contributed by atoms with E-state index in [0.717, 1.165) is 41.7 Å². The lowest BCUT2D eigenvalue weighted by molar-refractivity contribution is -0.142. The Balaban J connectivity index is 1.41. The van der Waals surface area contributed by atoms with E-state index in [4.69, 9.17) is 14.2 Å². The third kappa shape index (κ3) is 7.54. The van der Waals surface area contributed by atoms with Gasteiger partial charge in [-0.05, 0) is 77.9 Å². The van der Waals surface area contributed by atoms with E-state index in [-0.39, 0.29) is 30.9 Å². The second kappa shape index (κ2) is 14.8. The third-order valence-electron chi connectivity index (χ3n) is 7.81. The van der Waals surface area contributed by atoms with E-state index in [9.17, 15) is 9.59 Å². The van der Waals surface area contributed by atoms with Crippen molar-refractivity contribution in [3.05, 3.63) is 70.4 Å². The Morgan fingerprint density at radius 2 is 1.77 bits per heavy atom. The van der Waals surface area contributed by atoms with Crippen LogP contribution < -0.4 is 19.5 Å². The summed E-state index contributed by atoms with van der Waals surface area (Å²) in [6, 6.07) is 16.1. The van der Waals surface area contributed by atoms with Gasteiger partial charge in [0.2, 0.25) is 17.6 Å². The van der Waals surface area contributed by atoms with Gasteiger partial charge in [-0.1, -0.05) is 31.4 Å². The first-order valence-corrected chi connectivity index (χ1v) is 15.6. The number of carbonyl (C=O) groups excluding carboxylic acids is 2. The summed E-state index contributed by atoms with van der Waals surface area (Å²) in [6.07, 6.45) is 5.74. The summed E-state index contributed by atoms with van der Waals surface area (Å²) in [5.41, 5.74) is 1.69. The summed E-state index contributed by atoms with van der Waals surface area (Å²) in [5.74, 6) is 1.87. The quantitative estimate of drug-likeness (QED) is 0.229. The van der Waals surface area contributed by atoms with Gasteiger partial charge in [-0.15, -0.1) is 21.5 Å². The van der Waals surface area contributed by atoms with Crippen LogP contribution in [0.5, 0.6) is 17.2 Å². The molecule has 4 aromatic rings. The van der Waals surface area contributed by atoms with Gasteiger partial charge in [0.25, 0.3) is 0 Å². The summed E-state index contributed by atoms with van der Waals surface area (Å²) in [5, 5.41) is 17.9. The molecular formula is C32H38N6O5S. The van der Waals surface area contributed by atoms with E-state index in [2.05, 4.69) is 20.7 Å². The zero-order chi connectivity index (χ0) is 30.9. The van der Waals surface area contributed by atoms with Gasteiger partial charge in [-0.3, -0.25) is 9.59 Å². The average molecular weight is 619 g/mol. The zero-order valence-electron chi connectivity index (χ0n) is 25.3. The van der Waals surface area contributed by atoms with Crippen LogP contribution in [0.15, 0.2) is 60.0 Å². The average Bonchev–Trinajstić information content (AvgIpc) is 3.76. The van der Waals surface area contributed by atoms with Crippen LogP contribution in [0.1, 0.15) is 48.6 Å². The van der Waals surface area contributed by atoms with Gasteiger partial charge in [0, 0.05) is 23.0 Å². The maximum absolute atomic E-state index is 14.1. The molecule has 0 bridgehead atoms. The molecule has 11 nitrogen and oxygen atoms in total. The van der Waals surface area contributed by atoms with Crippen LogP contribution >= 0.6 is 11.3 Å². The van der Waals surface area contributed by atoms with Crippen LogP contribution in [-0.4, -0.2) is 70.8 Å². The Morgan fingerprint density at radius 3 is 2.45 bits per heavy atom. The predicted molar refractivity (Wildman–Crippen MR) is 167 cm³/mol. The number of thiophene rings is 1. The molecule has 2 amide bonds. The van der Waals surface area contributed by atoms with Crippen LogP contribution in [0.4, 0.5) is 0 Å². The SMILES string of the molecule is COc1ccc(-c2nnn(CC(=O)N(CCc3ccc(OC)c(OC)c3)[C@H](C(=O)NC3CCCCC3)c3cccs3)n2)cc1. The van der Waals surface area contributed by atoms with Crippen molar-refractivity contribution in [2.45, 2.75) is 57.2 Å². The summed E-state index contributed by atoms with van der Waals surface area (Å²) < 4.78 is 16.1. The molecule has 2 aromatic heterocycles.